The number of aryl methyl sites for hydroxylation is 2. The average Bonchev–Trinajstić information content (AvgIpc) is 2.32. The fourth-order valence-corrected chi connectivity index (χ4v) is 1.83. The summed E-state index contributed by atoms with van der Waals surface area (Å²) in [5.41, 5.74) is 3.33. The summed E-state index contributed by atoms with van der Waals surface area (Å²) in [6.07, 6.45) is 2.89. The van der Waals surface area contributed by atoms with Gasteiger partial charge in [0.25, 0.3) is 0 Å². The Morgan fingerprint density at radius 2 is 2.19 bits per heavy atom. The number of hydrogen-bond donors (Lipinski definition) is 1. The van der Waals surface area contributed by atoms with Gasteiger partial charge in [-0.05, 0) is 38.3 Å². The molecule has 1 N–H and O–H groups in total. The van der Waals surface area contributed by atoms with Crippen LogP contribution in [0.2, 0.25) is 0 Å². The van der Waals surface area contributed by atoms with Crippen molar-refractivity contribution < 1.29 is 9.84 Å². The quantitative estimate of drug-likeness (QED) is 0.826. The van der Waals surface area contributed by atoms with Crippen molar-refractivity contribution >= 4 is 0 Å². The zero-order valence-corrected chi connectivity index (χ0v) is 9.60. The van der Waals surface area contributed by atoms with E-state index in [1.807, 2.05) is 19.9 Å². The van der Waals surface area contributed by atoms with Crippen molar-refractivity contribution in [1.29, 1.82) is 0 Å². The molecule has 86 valence electrons. The van der Waals surface area contributed by atoms with Crippen LogP contribution in [0.5, 0.6) is 0 Å². The SMILES string of the molecule is Cc1cc(C(O)C2=COCCC2)c(C)nn1. The largest absolute Gasteiger partial charge is 0.501 e. The molecule has 1 unspecified atom stereocenters. The van der Waals surface area contributed by atoms with Crippen LogP contribution in [0, 0.1) is 13.8 Å². The molecule has 0 spiro atoms. The molecule has 2 rings (SSSR count). The number of aliphatic hydroxyl groups excluding tert-OH is 1. The van der Waals surface area contributed by atoms with Crippen LogP contribution in [0.4, 0.5) is 0 Å². The Balaban J connectivity index is 2.29. The Bertz CT molecular complexity index is 415. The second-order valence-corrected chi connectivity index (χ2v) is 4.10. The van der Waals surface area contributed by atoms with Crippen molar-refractivity contribution in [3.63, 3.8) is 0 Å². The van der Waals surface area contributed by atoms with Gasteiger partial charge in [-0.2, -0.15) is 10.2 Å². The van der Waals surface area contributed by atoms with E-state index in [0.29, 0.717) is 0 Å². The topological polar surface area (TPSA) is 55.2 Å². The smallest absolute Gasteiger partial charge is 0.105 e. The number of ether oxygens (including phenoxy) is 1. The third kappa shape index (κ3) is 2.22. The maximum absolute atomic E-state index is 10.2. The van der Waals surface area contributed by atoms with E-state index in [2.05, 4.69) is 10.2 Å². The fourth-order valence-electron chi connectivity index (χ4n) is 1.83. The second kappa shape index (κ2) is 4.61. The molecule has 0 saturated heterocycles. The average molecular weight is 220 g/mol. The van der Waals surface area contributed by atoms with Gasteiger partial charge in [0.05, 0.1) is 24.3 Å². The lowest BCUT2D eigenvalue weighted by molar-refractivity contribution is 0.169. The Morgan fingerprint density at radius 3 is 2.88 bits per heavy atom. The number of hydrogen-bond acceptors (Lipinski definition) is 4. The Kier molecular flexibility index (Phi) is 3.19. The molecule has 0 amide bonds. The van der Waals surface area contributed by atoms with Crippen molar-refractivity contribution in [2.24, 2.45) is 0 Å². The van der Waals surface area contributed by atoms with E-state index in [1.54, 1.807) is 6.26 Å². The number of aromatic nitrogens is 2. The van der Waals surface area contributed by atoms with Crippen LogP contribution in [0.15, 0.2) is 17.9 Å². The minimum absolute atomic E-state index is 0.616. The molecular weight excluding hydrogens is 204 g/mol. The second-order valence-electron chi connectivity index (χ2n) is 4.10. The first-order valence-corrected chi connectivity index (χ1v) is 5.48. The first-order chi connectivity index (χ1) is 7.68. The molecule has 0 radical (unpaired) electrons. The van der Waals surface area contributed by atoms with Gasteiger partial charge in [0.2, 0.25) is 0 Å². The highest BCUT2D eigenvalue weighted by atomic mass is 16.5. The lowest BCUT2D eigenvalue weighted by atomic mass is 9.97. The molecule has 1 aliphatic rings. The molecule has 16 heavy (non-hydrogen) atoms. The number of aliphatic hydroxyl groups is 1. The van der Waals surface area contributed by atoms with E-state index in [-0.39, 0.29) is 0 Å². The molecule has 1 aromatic rings. The van der Waals surface area contributed by atoms with E-state index >= 15 is 0 Å². The van der Waals surface area contributed by atoms with Crippen LogP contribution >= 0.6 is 0 Å². The highest BCUT2D eigenvalue weighted by Crippen LogP contribution is 2.28. The van der Waals surface area contributed by atoms with E-state index in [1.165, 1.54) is 0 Å². The lowest BCUT2D eigenvalue weighted by Gasteiger charge is -2.20. The Labute approximate surface area is 95.0 Å². The summed E-state index contributed by atoms with van der Waals surface area (Å²) in [6.45, 7) is 4.46. The van der Waals surface area contributed by atoms with Gasteiger partial charge in [0.1, 0.15) is 6.10 Å². The minimum atomic E-state index is -0.616. The lowest BCUT2D eigenvalue weighted by Crippen LogP contribution is -2.10. The van der Waals surface area contributed by atoms with Gasteiger partial charge in [-0.1, -0.05) is 0 Å². The molecule has 1 aliphatic heterocycles. The third-order valence-electron chi connectivity index (χ3n) is 2.75. The van der Waals surface area contributed by atoms with Gasteiger partial charge in [-0.3, -0.25) is 0 Å². The van der Waals surface area contributed by atoms with Gasteiger partial charge in [-0.25, -0.2) is 0 Å². The highest BCUT2D eigenvalue weighted by molar-refractivity contribution is 5.29. The van der Waals surface area contributed by atoms with E-state index in [0.717, 1.165) is 42.0 Å². The highest BCUT2D eigenvalue weighted by Gasteiger charge is 2.19. The first kappa shape index (κ1) is 11.1. The van der Waals surface area contributed by atoms with Crippen molar-refractivity contribution in [3.8, 4) is 0 Å². The van der Waals surface area contributed by atoms with Crippen molar-refractivity contribution in [3.05, 3.63) is 34.9 Å². The molecule has 2 heterocycles. The van der Waals surface area contributed by atoms with Crippen LogP contribution in [0.3, 0.4) is 0 Å². The van der Waals surface area contributed by atoms with Gasteiger partial charge < -0.3 is 9.84 Å². The molecular formula is C12H16N2O2. The molecule has 4 nitrogen and oxygen atoms in total. The normalized spacial score (nSPS) is 17.6. The molecule has 0 bridgehead atoms. The summed E-state index contributed by atoms with van der Waals surface area (Å²) in [4.78, 5) is 0. The monoisotopic (exact) mass is 220 g/mol. The minimum Gasteiger partial charge on any atom is -0.501 e. The Morgan fingerprint density at radius 1 is 1.38 bits per heavy atom. The maximum atomic E-state index is 10.2. The molecule has 4 heteroatoms. The third-order valence-corrected chi connectivity index (χ3v) is 2.75. The van der Waals surface area contributed by atoms with Crippen molar-refractivity contribution in [2.45, 2.75) is 32.8 Å². The van der Waals surface area contributed by atoms with Gasteiger partial charge >= 0.3 is 0 Å². The molecule has 0 aliphatic carbocycles. The van der Waals surface area contributed by atoms with E-state index < -0.39 is 6.10 Å². The zero-order valence-electron chi connectivity index (χ0n) is 9.60. The fraction of sp³-hybridized carbons (Fsp3) is 0.500. The van der Waals surface area contributed by atoms with E-state index in [4.69, 9.17) is 4.74 Å². The summed E-state index contributed by atoms with van der Waals surface area (Å²) in [7, 11) is 0. The van der Waals surface area contributed by atoms with Crippen LogP contribution < -0.4 is 0 Å². The van der Waals surface area contributed by atoms with Crippen LogP contribution in [-0.4, -0.2) is 21.9 Å². The maximum Gasteiger partial charge on any atom is 0.105 e. The number of rotatable bonds is 2. The standard InChI is InChI=1S/C12H16N2O2/c1-8-6-11(9(2)14-13-8)12(15)10-4-3-5-16-7-10/h6-7,12,15H,3-5H2,1-2H3. The number of nitrogens with zero attached hydrogens (tertiary/aromatic N) is 2. The van der Waals surface area contributed by atoms with Crippen LogP contribution in [0.1, 0.15) is 35.9 Å². The predicted octanol–water partition coefficient (Wildman–Crippen LogP) is 1.82. The summed E-state index contributed by atoms with van der Waals surface area (Å²) in [6, 6.07) is 1.88. The van der Waals surface area contributed by atoms with E-state index in [9.17, 15) is 5.11 Å². The van der Waals surface area contributed by atoms with Crippen molar-refractivity contribution in [1.82, 2.24) is 10.2 Å². The molecule has 1 aromatic heterocycles. The summed E-state index contributed by atoms with van der Waals surface area (Å²) >= 11 is 0. The van der Waals surface area contributed by atoms with Crippen LogP contribution in [0.25, 0.3) is 0 Å². The molecule has 1 atom stereocenters. The molecule has 0 aromatic carbocycles. The Hall–Kier alpha value is -1.42. The van der Waals surface area contributed by atoms with Crippen molar-refractivity contribution in [2.75, 3.05) is 6.61 Å². The van der Waals surface area contributed by atoms with Crippen LogP contribution in [-0.2, 0) is 4.74 Å². The molecule has 0 fully saturated rings. The van der Waals surface area contributed by atoms with Gasteiger partial charge in [0, 0.05) is 5.56 Å². The molecule has 0 saturated carbocycles. The van der Waals surface area contributed by atoms with Gasteiger partial charge in [0.15, 0.2) is 0 Å². The summed E-state index contributed by atoms with van der Waals surface area (Å²) in [5, 5.41) is 18.2. The van der Waals surface area contributed by atoms with Gasteiger partial charge in [-0.15, -0.1) is 0 Å². The first-order valence-electron chi connectivity index (χ1n) is 5.48. The predicted molar refractivity (Wildman–Crippen MR) is 59.7 cm³/mol. The zero-order chi connectivity index (χ0) is 11.5. The summed E-state index contributed by atoms with van der Waals surface area (Å²) < 4.78 is 5.24. The summed E-state index contributed by atoms with van der Waals surface area (Å²) in [5.74, 6) is 0.